The number of ether oxygens (including phenoxy) is 1. The molecule has 0 aromatic heterocycles. The molecule has 0 unspecified atom stereocenters. The number of carbonyl (C=O) groups excluding carboxylic acids is 1. The number of nitriles is 1. The van der Waals surface area contributed by atoms with Crippen LogP contribution in [0.4, 0.5) is 17.6 Å². The van der Waals surface area contributed by atoms with Crippen LogP contribution in [0.25, 0.3) is 0 Å². The predicted octanol–water partition coefficient (Wildman–Crippen LogP) is 4.97. The maximum absolute atomic E-state index is 14.3. The number of sulfone groups is 1. The molecular formula is C28H25F4N3O4S. The van der Waals surface area contributed by atoms with Gasteiger partial charge in [0.15, 0.2) is 9.84 Å². The highest BCUT2D eigenvalue weighted by Crippen LogP contribution is 2.37. The third kappa shape index (κ3) is 7.80. The van der Waals surface area contributed by atoms with Crippen molar-refractivity contribution in [2.45, 2.75) is 42.4 Å². The summed E-state index contributed by atoms with van der Waals surface area (Å²) < 4.78 is 87.9. The molecule has 0 aliphatic heterocycles. The van der Waals surface area contributed by atoms with Crippen molar-refractivity contribution in [1.29, 1.82) is 5.26 Å². The molecule has 0 saturated heterocycles. The van der Waals surface area contributed by atoms with Crippen LogP contribution in [-0.2, 0) is 20.4 Å². The quantitative estimate of drug-likeness (QED) is 0.313. The van der Waals surface area contributed by atoms with Gasteiger partial charge in [-0.05, 0) is 60.4 Å². The van der Waals surface area contributed by atoms with Gasteiger partial charge in [0.25, 0.3) is 0 Å². The van der Waals surface area contributed by atoms with Crippen molar-refractivity contribution in [2.24, 2.45) is 0 Å². The number of nitrogens with one attached hydrogen (secondary N) is 2. The number of carbonyl (C=O) groups is 1. The summed E-state index contributed by atoms with van der Waals surface area (Å²) >= 11 is 0. The fourth-order valence-electron chi connectivity index (χ4n) is 4.02. The Morgan fingerprint density at radius 1 is 1.00 bits per heavy atom. The van der Waals surface area contributed by atoms with Crippen molar-refractivity contribution in [3.63, 3.8) is 0 Å². The topological polar surface area (TPSA) is 108 Å². The van der Waals surface area contributed by atoms with Crippen LogP contribution in [0.1, 0.15) is 30.0 Å². The van der Waals surface area contributed by atoms with Crippen LogP contribution in [0.3, 0.4) is 0 Å². The van der Waals surface area contributed by atoms with Crippen molar-refractivity contribution in [1.82, 2.24) is 10.6 Å². The molecule has 0 radical (unpaired) electrons. The second-order valence-corrected chi connectivity index (χ2v) is 11.7. The van der Waals surface area contributed by atoms with Crippen molar-refractivity contribution >= 4 is 15.7 Å². The zero-order valence-electron chi connectivity index (χ0n) is 21.0. The number of hydrogen-bond acceptors (Lipinski definition) is 6. The lowest BCUT2D eigenvalue weighted by molar-refractivity contribution is -0.160. The van der Waals surface area contributed by atoms with E-state index >= 15 is 0 Å². The molecule has 1 amide bonds. The van der Waals surface area contributed by atoms with E-state index in [4.69, 9.17) is 4.74 Å². The molecule has 1 fully saturated rings. The van der Waals surface area contributed by atoms with Crippen molar-refractivity contribution in [3.05, 3.63) is 95.8 Å². The Morgan fingerprint density at radius 3 is 2.25 bits per heavy atom. The largest absolute Gasteiger partial charge is 0.457 e. The van der Waals surface area contributed by atoms with E-state index in [0.29, 0.717) is 18.6 Å². The van der Waals surface area contributed by atoms with Gasteiger partial charge in [-0.1, -0.05) is 42.5 Å². The Kier molecular flexibility index (Phi) is 8.46. The summed E-state index contributed by atoms with van der Waals surface area (Å²) in [6, 6.07) is 15.7. The Hall–Kier alpha value is -3.95. The molecular weight excluding hydrogens is 550 g/mol. The first-order chi connectivity index (χ1) is 18.9. The number of hydrogen-bond donors (Lipinski definition) is 2. The molecule has 0 bridgehead atoms. The van der Waals surface area contributed by atoms with Crippen LogP contribution < -0.4 is 15.4 Å². The molecule has 0 spiro atoms. The van der Waals surface area contributed by atoms with Gasteiger partial charge in [0.2, 0.25) is 5.91 Å². The maximum atomic E-state index is 14.3. The van der Waals surface area contributed by atoms with Gasteiger partial charge in [0.05, 0.1) is 17.6 Å². The molecule has 210 valence electrons. The summed E-state index contributed by atoms with van der Waals surface area (Å²) in [5.41, 5.74) is -1.35. The number of benzene rings is 3. The molecule has 7 nitrogen and oxygen atoms in total. The van der Waals surface area contributed by atoms with Gasteiger partial charge in [0.1, 0.15) is 34.9 Å². The minimum absolute atomic E-state index is 0.103. The molecule has 3 aromatic rings. The van der Waals surface area contributed by atoms with Gasteiger partial charge >= 0.3 is 6.18 Å². The zero-order chi connectivity index (χ0) is 29.0. The van der Waals surface area contributed by atoms with Crippen LogP contribution in [-0.4, -0.2) is 37.8 Å². The first kappa shape index (κ1) is 29.0. The average molecular weight is 576 g/mol. The van der Waals surface area contributed by atoms with E-state index < -0.39 is 56.9 Å². The minimum atomic E-state index is -4.93. The fourth-order valence-corrected chi connectivity index (χ4v) is 5.60. The molecule has 1 saturated carbocycles. The van der Waals surface area contributed by atoms with Gasteiger partial charge in [-0.2, -0.15) is 18.4 Å². The summed E-state index contributed by atoms with van der Waals surface area (Å²) in [7, 11) is -4.18. The number of halogens is 4. The van der Waals surface area contributed by atoms with Crippen LogP contribution >= 0.6 is 0 Å². The molecule has 3 aromatic carbocycles. The van der Waals surface area contributed by atoms with E-state index in [2.05, 4.69) is 10.6 Å². The van der Waals surface area contributed by atoms with E-state index in [1.54, 1.807) is 30.3 Å². The van der Waals surface area contributed by atoms with Gasteiger partial charge in [0, 0.05) is 0 Å². The third-order valence-corrected chi connectivity index (χ3v) is 7.84. The lowest BCUT2D eigenvalue weighted by atomic mass is 10.0. The summed E-state index contributed by atoms with van der Waals surface area (Å²) in [4.78, 5) is 13.1. The van der Waals surface area contributed by atoms with Gasteiger partial charge < -0.3 is 10.1 Å². The van der Waals surface area contributed by atoms with Gasteiger partial charge in [-0.25, -0.2) is 12.8 Å². The van der Waals surface area contributed by atoms with Crippen LogP contribution in [0.2, 0.25) is 0 Å². The molecule has 1 aliphatic carbocycles. The molecule has 4 rings (SSSR count). The summed E-state index contributed by atoms with van der Waals surface area (Å²) in [5.74, 6) is -2.76. The van der Waals surface area contributed by atoms with E-state index in [1.165, 1.54) is 30.3 Å². The monoisotopic (exact) mass is 575 g/mol. The van der Waals surface area contributed by atoms with E-state index in [9.17, 15) is 36.0 Å². The smallest absolute Gasteiger partial charge is 0.407 e. The molecule has 1 aliphatic rings. The Balaban J connectivity index is 1.61. The van der Waals surface area contributed by atoms with Gasteiger partial charge in [-0.15, -0.1) is 0 Å². The van der Waals surface area contributed by atoms with E-state index in [-0.39, 0.29) is 16.9 Å². The molecule has 2 N–H and O–H groups in total. The standard InChI is InChI=1S/C28H25F4N3O4S/c29-21-11-9-19(10-12-21)16-40(37,38)17-24(26(36)35-27(18-33)13-14-27)34-25(28(30,31)32)20-5-4-8-23(15-20)39-22-6-2-1-3-7-22/h1-12,15,24-25,34H,13-14,16-17H2,(H,35,36)/t24-,25-/m0/s1. The van der Waals surface area contributed by atoms with Crippen LogP contribution in [0, 0.1) is 17.1 Å². The average Bonchev–Trinajstić information content (AvgIpc) is 3.67. The Bertz CT molecular complexity index is 1490. The number of rotatable bonds is 11. The summed E-state index contributed by atoms with van der Waals surface area (Å²) in [5, 5.41) is 13.9. The third-order valence-electron chi connectivity index (χ3n) is 6.23. The minimum Gasteiger partial charge on any atom is -0.457 e. The highest BCUT2D eigenvalue weighted by Gasteiger charge is 2.48. The number of alkyl halides is 3. The fraction of sp³-hybridized carbons (Fsp3) is 0.286. The van der Waals surface area contributed by atoms with Crippen molar-refractivity contribution in [2.75, 3.05) is 5.75 Å². The van der Waals surface area contributed by atoms with Crippen LogP contribution in [0.5, 0.6) is 11.5 Å². The molecule has 0 heterocycles. The van der Waals surface area contributed by atoms with Crippen molar-refractivity contribution in [3.8, 4) is 17.6 Å². The number of para-hydroxylation sites is 1. The molecule has 40 heavy (non-hydrogen) atoms. The van der Waals surface area contributed by atoms with Gasteiger partial charge in [-0.3, -0.25) is 10.1 Å². The predicted molar refractivity (Wildman–Crippen MR) is 138 cm³/mol. The lowest BCUT2D eigenvalue weighted by Gasteiger charge is -2.28. The normalized spacial score (nSPS) is 15.9. The van der Waals surface area contributed by atoms with Crippen LogP contribution in [0.15, 0.2) is 78.9 Å². The zero-order valence-corrected chi connectivity index (χ0v) is 21.8. The maximum Gasteiger partial charge on any atom is 0.407 e. The second-order valence-electron chi connectivity index (χ2n) is 9.55. The Morgan fingerprint density at radius 2 is 1.65 bits per heavy atom. The number of amides is 1. The van der Waals surface area contributed by atoms with Crippen molar-refractivity contribution < 1.29 is 35.5 Å². The summed E-state index contributed by atoms with van der Waals surface area (Å²) in [6.07, 6.45) is -4.34. The van der Waals surface area contributed by atoms with E-state index in [0.717, 1.165) is 18.2 Å². The molecule has 2 atom stereocenters. The second kappa shape index (κ2) is 11.7. The first-order valence-corrected chi connectivity index (χ1v) is 14.0. The lowest BCUT2D eigenvalue weighted by Crippen LogP contribution is -2.54. The number of nitrogens with zero attached hydrogens (tertiary/aromatic N) is 1. The first-order valence-electron chi connectivity index (χ1n) is 12.2. The SMILES string of the molecule is N#CC1(NC(=O)[C@H](CS(=O)(=O)Cc2ccc(F)cc2)N[C@@H](c2cccc(Oc3ccccc3)c2)C(F)(F)F)CC1. The highest BCUT2D eigenvalue weighted by atomic mass is 32.2. The van der Waals surface area contributed by atoms with E-state index in [1.807, 2.05) is 6.07 Å². The molecule has 12 heteroatoms. The highest BCUT2D eigenvalue weighted by molar-refractivity contribution is 7.90. The Labute approximate surface area is 228 Å². The summed E-state index contributed by atoms with van der Waals surface area (Å²) in [6.45, 7) is 0.